The number of nitrogens with zero attached hydrogens (tertiary/aromatic N) is 1. The predicted molar refractivity (Wildman–Crippen MR) is 123 cm³/mol. The second-order valence-electron chi connectivity index (χ2n) is 9.33. The van der Waals surface area contributed by atoms with Crippen LogP contribution in [0.4, 0.5) is 0 Å². The van der Waals surface area contributed by atoms with Crippen LogP contribution in [0.5, 0.6) is 0 Å². The maximum Gasteiger partial charge on any atom is 0.325 e. The number of nitrogens with one attached hydrogen (secondary N) is 3. The number of rotatable bonds is 7. The summed E-state index contributed by atoms with van der Waals surface area (Å²) in [6.07, 6.45) is 10.2. The fourth-order valence-corrected chi connectivity index (χ4v) is 4.04. The molecule has 176 valence electrons. The summed E-state index contributed by atoms with van der Waals surface area (Å²) in [5, 5.41) is 34.9. The van der Waals surface area contributed by atoms with Crippen LogP contribution in [0.25, 0.3) is 0 Å². The molecule has 1 heterocycles. The third kappa shape index (κ3) is 5.63. The van der Waals surface area contributed by atoms with Gasteiger partial charge in [-0.15, -0.1) is 0 Å². The van der Waals surface area contributed by atoms with E-state index in [2.05, 4.69) is 10.6 Å². The molecule has 3 aliphatic carbocycles. The minimum atomic E-state index is -0.460. The number of carbonyl (C=O) groups is 1. The molecule has 4 rings (SSSR count). The zero-order valence-electron chi connectivity index (χ0n) is 19.2. The summed E-state index contributed by atoms with van der Waals surface area (Å²) in [7, 11) is 0. The standard InChI is InChI=1S/C25H32N4O4/c1-15(2)22-4-3-5-23(29(22)32)25(31)28-21-12-16(14-27-17-6-8-18(30)9-7-17)20(26)13-24(21)33-19-10-11-19/h3-5,12-15,17-19,26,30-32H,6-11H2,1-2H3/p+1/t17-,18-. The van der Waals surface area contributed by atoms with Crippen LogP contribution >= 0.6 is 0 Å². The van der Waals surface area contributed by atoms with Crippen LogP contribution in [0.3, 0.4) is 0 Å². The van der Waals surface area contributed by atoms with Gasteiger partial charge in [-0.3, -0.25) is 10.0 Å². The third-order valence-electron chi connectivity index (χ3n) is 6.21. The van der Waals surface area contributed by atoms with Crippen molar-refractivity contribution in [3.8, 4) is 0 Å². The van der Waals surface area contributed by atoms with Gasteiger partial charge in [0.1, 0.15) is 5.76 Å². The highest BCUT2D eigenvalue weighted by Crippen LogP contribution is 2.30. The van der Waals surface area contributed by atoms with E-state index < -0.39 is 5.91 Å². The lowest BCUT2D eigenvalue weighted by Gasteiger charge is -2.26. The van der Waals surface area contributed by atoms with E-state index in [1.807, 2.05) is 13.8 Å². The molecule has 0 saturated heterocycles. The number of hydrogen-bond acceptors (Lipinski definition) is 6. The van der Waals surface area contributed by atoms with Gasteiger partial charge in [-0.1, -0.05) is 13.8 Å². The molecule has 0 radical (unpaired) electrons. The van der Waals surface area contributed by atoms with Crippen LogP contribution in [0.2, 0.25) is 0 Å². The molecule has 0 aliphatic heterocycles. The highest BCUT2D eigenvalue weighted by Gasteiger charge is 2.31. The van der Waals surface area contributed by atoms with Crippen LogP contribution in [0, 0.1) is 5.41 Å². The van der Waals surface area contributed by atoms with E-state index in [0.29, 0.717) is 28.4 Å². The van der Waals surface area contributed by atoms with Crippen molar-refractivity contribution >= 4 is 11.6 Å². The van der Waals surface area contributed by atoms with Crippen molar-refractivity contribution in [2.45, 2.75) is 76.5 Å². The van der Waals surface area contributed by atoms with E-state index in [1.165, 1.54) is 0 Å². The van der Waals surface area contributed by atoms with Gasteiger partial charge < -0.3 is 25.9 Å². The fourth-order valence-electron chi connectivity index (χ4n) is 4.04. The SMILES string of the molecule is CC(C)c1cccc(C(=O)NC2=C/C(=C/N[C@H]3CC[C@H](O)CC3)C(=N)C=C2OC2CC2)[n+]1O. The second-order valence-corrected chi connectivity index (χ2v) is 9.33. The first kappa shape index (κ1) is 23.0. The lowest BCUT2D eigenvalue weighted by molar-refractivity contribution is -0.911. The minimum absolute atomic E-state index is 0.0484. The Bertz CT molecular complexity index is 1020. The van der Waals surface area contributed by atoms with Gasteiger partial charge in [0.25, 0.3) is 0 Å². The highest BCUT2D eigenvalue weighted by atomic mass is 16.5. The number of aliphatic hydroxyl groups excluding tert-OH is 1. The maximum absolute atomic E-state index is 13.1. The minimum Gasteiger partial charge on any atom is -0.488 e. The van der Waals surface area contributed by atoms with Gasteiger partial charge in [-0.25, -0.2) is 0 Å². The largest absolute Gasteiger partial charge is 0.488 e. The summed E-state index contributed by atoms with van der Waals surface area (Å²) in [5.74, 6) is 0.0455. The molecule has 1 aromatic rings. The number of carbonyl (C=O) groups excluding carboxylic acids is 1. The second kappa shape index (κ2) is 9.79. The Labute approximate surface area is 194 Å². The summed E-state index contributed by atoms with van der Waals surface area (Å²) in [5.41, 5.74) is 2.15. The van der Waals surface area contributed by atoms with E-state index >= 15 is 0 Å². The van der Waals surface area contributed by atoms with E-state index in [1.54, 1.807) is 36.6 Å². The smallest absolute Gasteiger partial charge is 0.325 e. The normalized spacial score (nSPS) is 24.4. The summed E-state index contributed by atoms with van der Waals surface area (Å²) in [6, 6.07) is 5.34. The van der Waals surface area contributed by atoms with Crippen molar-refractivity contribution in [1.82, 2.24) is 10.6 Å². The zero-order valence-corrected chi connectivity index (χ0v) is 19.2. The Balaban J connectivity index is 1.54. The first-order valence-electron chi connectivity index (χ1n) is 11.7. The Morgan fingerprint density at radius 2 is 1.91 bits per heavy atom. The molecule has 5 N–H and O–H groups in total. The monoisotopic (exact) mass is 453 g/mol. The molecule has 2 saturated carbocycles. The average molecular weight is 454 g/mol. The Kier molecular flexibility index (Phi) is 6.83. The Morgan fingerprint density at radius 1 is 1.18 bits per heavy atom. The van der Waals surface area contributed by atoms with Crippen LogP contribution in [0.1, 0.15) is 74.5 Å². The van der Waals surface area contributed by atoms with Gasteiger partial charge in [-0.2, -0.15) is 0 Å². The van der Waals surface area contributed by atoms with Gasteiger partial charge in [0.15, 0.2) is 0 Å². The molecule has 3 aliphatic rings. The van der Waals surface area contributed by atoms with Crippen molar-refractivity contribution in [3.63, 3.8) is 0 Å². The molecule has 33 heavy (non-hydrogen) atoms. The summed E-state index contributed by atoms with van der Waals surface area (Å²) in [6.45, 7) is 3.89. The number of aliphatic hydroxyl groups is 1. The summed E-state index contributed by atoms with van der Waals surface area (Å²) < 4.78 is 6.88. The van der Waals surface area contributed by atoms with Crippen molar-refractivity contribution in [2.75, 3.05) is 0 Å². The average Bonchev–Trinajstić information content (AvgIpc) is 3.59. The van der Waals surface area contributed by atoms with Gasteiger partial charge in [0, 0.05) is 46.7 Å². The van der Waals surface area contributed by atoms with Crippen molar-refractivity contribution in [2.24, 2.45) is 0 Å². The lowest BCUT2D eigenvalue weighted by Crippen LogP contribution is -2.45. The third-order valence-corrected chi connectivity index (χ3v) is 6.21. The molecule has 0 bridgehead atoms. The number of hydrogen-bond donors (Lipinski definition) is 5. The van der Waals surface area contributed by atoms with Crippen LogP contribution in [-0.2, 0) is 4.74 Å². The van der Waals surface area contributed by atoms with Crippen molar-refractivity contribution in [1.29, 1.82) is 5.41 Å². The Morgan fingerprint density at radius 3 is 2.58 bits per heavy atom. The molecular weight excluding hydrogens is 420 g/mol. The van der Waals surface area contributed by atoms with E-state index in [0.717, 1.165) is 43.3 Å². The van der Waals surface area contributed by atoms with Gasteiger partial charge in [0.05, 0.1) is 23.6 Å². The number of amides is 1. The molecule has 1 amide bonds. The molecule has 8 heteroatoms. The van der Waals surface area contributed by atoms with Crippen LogP contribution in [0.15, 0.2) is 53.6 Å². The first-order valence-corrected chi connectivity index (χ1v) is 11.7. The van der Waals surface area contributed by atoms with Gasteiger partial charge in [-0.05, 0) is 50.7 Å². The predicted octanol–water partition coefficient (Wildman–Crippen LogP) is 2.82. The quantitative estimate of drug-likeness (QED) is 0.321. The number of allylic oxidation sites excluding steroid dienone is 3. The molecule has 1 aromatic heterocycles. The first-order chi connectivity index (χ1) is 15.8. The zero-order chi connectivity index (χ0) is 23.5. The maximum atomic E-state index is 13.1. The highest BCUT2D eigenvalue weighted by molar-refractivity contribution is 6.10. The molecule has 0 unspecified atom stereocenters. The van der Waals surface area contributed by atoms with Crippen molar-refractivity contribution < 1.29 is 24.6 Å². The van der Waals surface area contributed by atoms with Gasteiger partial charge >= 0.3 is 11.6 Å². The fraction of sp³-hybridized carbons (Fsp3) is 0.480. The topological polar surface area (TPSA) is 119 Å². The molecular formula is C25H33N4O4+. The lowest BCUT2D eigenvalue weighted by atomic mass is 9.93. The number of aromatic nitrogens is 1. The molecule has 0 aromatic carbocycles. The molecule has 2 fully saturated rings. The molecule has 0 atom stereocenters. The van der Waals surface area contributed by atoms with Crippen LogP contribution in [-0.4, -0.2) is 40.2 Å². The summed E-state index contributed by atoms with van der Waals surface area (Å²) in [4.78, 5) is 13.1. The van der Waals surface area contributed by atoms with Gasteiger partial charge in [0.2, 0.25) is 5.69 Å². The molecule has 8 nitrogen and oxygen atoms in total. The number of pyridine rings is 1. The van der Waals surface area contributed by atoms with Crippen molar-refractivity contribution in [3.05, 3.63) is 65.0 Å². The molecule has 0 spiro atoms. The van der Waals surface area contributed by atoms with E-state index in [9.17, 15) is 15.1 Å². The Hall–Kier alpha value is -3.13. The number of ether oxygens (including phenoxy) is 1. The van der Waals surface area contributed by atoms with E-state index in [-0.39, 0.29) is 29.9 Å². The van der Waals surface area contributed by atoms with Crippen LogP contribution < -0.4 is 15.4 Å². The van der Waals surface area contributed by atoms with E-state index in [4.69, 9.17) is 10.1 Å². The summed E-state index contributed by atoms with van der Waals surface area (Å²) >= 11 is 0.